The van der Waals surface area contributed by atoms with Crippen LogP contribution in [0.25, 0.3) is 0 Å². The first-order valence-electron chi connectivity index (χ1n) is 7.10. The van der Waals surface area contributed by atoms with Crippen molar-refractivity contribution in [2.75, 3.05) is 13.2 Å². The van der Waals surface area contributed by atoms with Crippen LogP contribution in [0.2, 0.25) is 0 Å². The summed E-state index contributed by atoms with van der Waals surface area (Å²) in [5.74, 6) is 0.283. The second-order valence-electron chi connectivity index (χ2n) is 5.92. The highest BCUT2D eigenvalue weighted by Crippen LogP contribution is 2.31. The normalized spacial score (nSPS) is 21.2. The lowest BCUT2D eigenvalue weighted by Gasteiger charge is -2.45. The van der Waals surface area contributed by atoms with Crippen LogP contribution in [0.4, 0.5) is 0 Å². The third-order valence-electron chi connectivity index (χ3n) is 3.87. The first-order chi connectivity index (χ1) is 10.1. The smallest absolute Gasteiger partial charge is 0.290 e. The summed E-state index contributed by atoms with van der Waals surface area (Å²) in [5, 5.41) is 0. The van der Waals surface area contributed by atoms with Crippen LogP contribution < -0.4 is 0 Å². The SMILES string of the molecule is CC1(C)COC(c2ccccc2)CN1C(=O)c1ccco1. The van der Waals surface area contributed by atoms with Crippen LogP contribution in [0.5, 0.6) is 0 Å². The summed E-state index contributed by atoms with van der Waals surface area (Å²) < 4.78 is 11.2. The predicted molar refractivity (Wildman–Crippen MR) is 79.0 cm³/mol. The molecule has 2 aromatic rings. The quantitative estimate of drug-likeness (QED) is 0.850. The zero-order valence-electron chi connectivity index (χ0n) is 12.3. The number of hydrogen-bond acceptors (Lipinski definition) is 3. The minimum atomic E-state index is -0.352. The van der Waals surface area contributed by atoms with Crippen molar-refractivity contribution in [3.63, 3.8) is 0 Å². The van der Waals surface area contributed by atoms with Gasteiger partial charge in [-0.15, -0.1) is 0 Å². The highest BCUT2D eigenvalue weighted by Gasteiger charge is 2.39. The average molecular weight is 285 g/mol. The Hall–Kier alpha value is -2.07. The van der Waals surface area contributed by atoms with Gasteiger partial charge >= 0.3 is 0 Å². The molecule has 4 nitrogen and oxygen atoms in total. The van der Waals surface area contributed by atoms with Crippen LogP contribution in [0.1, 0.15) is 36.1 Å². The average Bonchev–Trinajstić information content (AvgIpc) is 3.01. The molecule has 1 saturated heterocycles. The van der Waals surface area contributed by atoms with Gasteiger partial charge in [-0.05, 0) is 31.5 Å². The van der Waals surface area contributed by atoms with Crippen LogP contribution >= 0.6 is 0 Å². The summed E-state index contributed by atoms with van der Waals surface area (Å²) in [6, 6.07) is 13.4. The monoisotopic (exact) mass is 285 g/mol. The second kappa shape index (κ2) is 5.37. The van der Waals surface area contributed by atoms with Crippen molar-refractivity contribution in [2.24, 2.45) is 0 Å². The molecule has 0 aliphatic carbocycles. The zero-order valence-corrected chi connectivity index (χ0v) is 12.3. The largest absolute Gasteiger partial charge is 0.459 e. The van der Waals surface area contributed by atoms with Crippen LogP contribution in [0, 0.1) is 0 Å². The minimum Gasteiger partial charge on any atom is -0.459 e. The Bertz CT molecular complexity index is 604. The van der Waals surface area contributed by atoms with E-state index in [1.54, 1.807) is 12.1 Å². The van der Waals surface area contributed by atoms with Gasteiger partial charge in [-0.1, -0.05) is 30.3 Å². The van der Waals surface area contributed by atoms with Gasteiger partial charge < -0.3 is 14.1 Å². The van der Waals surface area contributed by atoms with Gasteiger partial charge in [0.2, 0.25) is 0 Å². The molecular weight excluding hydrogens is 266 g/mol. The molecule has 1 aromatic heterocycles. The summed E-state index contributed by atoms with van der Waals surface area (Å²) in [7, 11) is 0. The van der Waals surface area contributed by atoms with E-state index in [9.17, 15) is 4.79 Å². The topological polar surface area (TPSA) is 42.7 Å². The molecule has 110 valence electrons. The number of carbonyl (C=O) groups is 1. The van der Waals surface area contributed by atoms with Gasteiger partial charge in [0.25, 0.3) is 5.91 Å². The maximum absolute atomic E-state index is 12.6. The van der Waals surface area contributed by atoms with E-state index < -0.39 is 0 Å². The number of morpholine rings is 1. The molecule has 0 bridgehead atoms. The Morgan fingerprint density at radius 3 is 2.62 bits per heavy atom. The maximum Gasteiger partial charge on any atom is 0.290 e. The highest BCUT2D eigenvalue weighted by atomic mass is 16.5. The number of furan rings is 1. The maximum atomic E-state index is 12.6. The van der Waals surface area contributed by atoms with Crippen LogP contribution in [-0.2, 0) is 4.74 Å². The fourth-order valence-corrected chi connectivity index (χ4v) is 2.61. The molecule has 1 unspecified atom stereocenters. The summed E-state index contributed by atoms with van der Waals surface area (Å²) in [6.45, 7) is 5.04. The van der Waals surface area contributed by atoms with Crippen LogP contribution in [0.3, 0.4) is 0 Å². The zero-order chi connectivity index (χ0) is 14.9. The number of ether oxygens (including phenoxy) is 1. The molecule has 1 atom stereocenters. The van der Waals surface area contributed by atoms with Crippen molar-refractivity contribution in [3.8, 4) is 0 Å². The lowest BCUT2D eigenvalue weighted by molar-refractivity contribution is -0.0854. The molecule has 1 aromatic carbocycles. The Morgan fingerprint density at radius 1 is 1.19 bits per heavy atom. The first kappa shape index (κ1) is 13.9. The van der Waals surface area contributed by atoms with E-state index in [0.29, 0.717) is 18.9 Å². The Kier molecular flexibility index (Phi) is 3.55. The number of benzene rings is 1. The van der Waals surface area contributed by atoms with E-state index in [-0.39, 0.29) is 17.6 Å². The molecule has 4 heteroatoms. The fraction of sp³-hybridized carbons (Fsp3) is 0.353. The standard InChI is InChI=1S/C17H19NO3/c1-17(2)12-21-15(13-7-4-3-5-8-13)11-18(17)16(19)14-9-6-10-20-14/h3-10,15H,11-12H2,1-2H3. The van der Waals surface area contributed by atoms with Crippen molar-refractivity contribution in [3.05, 3.63) is 60.1 Å². The van der Waals surface area contributed by atoms with E-state index in [0.717, 1.165) is 5.56 Å². The Labute approximate surface area is 124 Å². The van der Waals surface area contributed by atoms with E-state index in [1.807, 2.05) is 49.1 Å². The minimum absolute atomic E-state index is 0.0887. The fourth-order valence-electron chi connectivity index (χ4n) is 2.61. The van der Waals surface area contributed by atoms with Crippen molar-refractivity contribution < 1.29 is 13.9 Å². The van der Waals surface area contributed by atoms with E-state index in [2.05, 4.69) is 0 Å². The van der Waals surface area contributed by atoms with Crippen LogP contribution in [-0.4, -0.2) is 29.5 Å². The summed E-state index contributed by atoms with van der Waals surface area (Å²) >= 11 is 0. The number of nitrogens with zero attached hydrogens (tertiary/aromatic N) is 1. The number of rotatable bonds is 2. The summed E-state index contributed by atoms with van der Waals surface area (Å²) in [5.41, 5.74) is 0.736. The molecule has 1 aliphatic rings. The van der Waals surface area contributed by atoms with E-state index >= 15 is 0 Å². The third kappa shape index (κ3) is 2.72. The van der Waals surface area contributed by atoms with Gasteiger partial charge in [0.15, 0.2) is 5.76 Å². The summed E-state index contributed by atoms with van der Waals surface area (Å²) in [4.78, 5) is 14.5. The van der Waals surface area contributed by atoms with Gasteiger partial charge in [-0.2, -0.15) is 0 Å². The Morgan fingerprint density at radius 2 is 1.95 bits per heavy atom. The second-order valence-corrected chi connectivity index (χ2v) is 5.92. The molecule has 21 heavy (non-hydrogen) atoms. The first-order valence-corrected chi connectivity index (χ1v) is 7.10. The van der Waals surface area contributed by atoms with E-state index in [4.69, 9.17) is 9.15 Å². The van der Waals surface area contributed by atoms with Gasteiger partial charge in [-0.25, -0.2) is 0 Å². The van der Waals surface area contributed by atoms with Gasteiger partial charge in [0, 0.05) is 0 Å². The molecule has 1 fully saturated rings. The van der Waals surface area contributed by atoms with Gasteiger partial charge in [-0.3, -0.25) is 4.79 Å². The van der Waals surface area contributed by atoms with Crippen molar-refractivity contribution in [1.29, 1.82) is 0 Å². The Balaban J connectivity index is 1.85. The lowest BCUT2D eigenvalue weighted by Crippen LogP contribution is -2.56. The molecule has 0 radical (unpaired) electrons. The lowest BCUT2D eigenvalue weighted by atomic mass is 9.97. The number of hydrogen-bond donors (Lipinski definition) is 0. The van der Waals surface area contributed by atoms with Gasteiger partial charge in [0.1, 0.15) is 6.10 Å². The van der Waals surface area contributed by atoms with Crippen molar-refractivity contribution >= 4 is 5.91 Å². The van der Waals surface area contributed by atoms with E-state index in [1.165, 1.54) is 6.26 Å². The molecule has 0 spiro atoms. The number of carbonyl (C=O) groups excluding carboxylic acids is 1. The number of amides is 1. The van der Waals surface area contributed by atoms with Gasteiger partial charge in [0.05, 0.1) is 25.0 Å². The molecule has 3 rings (SSSR count). The molecule has 1 amide bonds. The van der Waals surface area contributed by atoms with Crippen molar-refractivity contribution in [1.82, 2.24) is 4.90 Å². The van der Waals surface area contributed by atoms with Crippen molar-refractivity contribution in [2.45, 2.75) is 25.5 Å². The molecule has 0 saturated carbocycles. The van der Waals surface area contributed by atoms with Crippen LogP contribution in [0.15, 0.2) is 53.1 Å². The molecule has 2 heterocycles. The molecular formula is C17H19NO3. The summed E-state index contributed by atoms with van der Waals surface area (Å²) in [6.07, 6.45) is 1.42. The predicted octanol–water partition coefficient (Wildman–Crippen LogP) is 3.27. The third-order valence-corrected chi connectivity index (χ3v) is 3.87. The molecule has 0 N–H and O–H groups in total. The highest BCUT2D eigenvalue weighted by molar-refractivity contribution is 5.92. The molecule has 1 aliphatic heterocycles.